The molecular formula is C28H46O2. The molecule has 0 aliphatic heterocycles. The number of ketones is 1. The summed E-state index contributed by atoms with van der Waals surface area (Å²) in [5.41, 5.74) is 5.93. The maximum Gasteiger partial charge on any atom is 0.191 e. The van der Waals surface area contributed by atoms with Crippen LogP contribution in [-0.4, -0.2) is 18.5 Å². The maximum absolute atomic E-state index is 13.2. The quantitative estimate of drug-likeness (QED) is 0.303. The first-order valence-electron chi connectivity index (χ1n) is 11.6. The average Bonchev–Trinajstić information content (AvgIpc) is 2.58. The summed E-state index contributed by atoms with van der Waals surface area (Å²) in [6.45, 7) is 24.5. The lowest BCUT2D eigenvalue weighted by Crippen LogP contribution is -2.25. The molecule has 0 aromatic heterocycles. The summed E-state index contributed by atoms with van der Waals surface area (Å²) in [5, 5.41) is 0. The van der Waals surface area contributed by atoms with Crippen LogP contribution < -0.4 is 0 Å². The van der Waals surface area contributed by atoms with Gasteiger partial charge in [-0.05, 0) is 92.5 Å². The topological polar surface area (TPSA) is 26.3 Å². The van der Waals surface area contributed by atoms with Gasteiger partial charge in [0.05, 0.1) is 0 Å². The van der Waals surface area contributed by atoms with Gasteiger partial charge in [0.2, 0.25) is 0 Å². The number of allylic oxidation sites excluding steroid dienone is 2. The predicted molar refractivity (Wildman–Crippen MR) is 131 cm³/mol. The van der Waals surface area contributed by atoms with E-state index in [1.54, 1.807) is 0 Å². The molecule has 2 atom stereocenters. The molecule has 2 nitrogen and oxygen atoms in total. The third-order valence-electron chi connectivity index (χ3n) is 5.87. The van der Waals surface area contributed by atoms with Crippen molar-refractivity contribution in [2.24, 2.45) is 5.92 Å². The van der Waals surface area contributed by atoms with E-state index in [1.165, 1.54) is 28.7 Å². The number of benzene rings is 1. The van der Waals surface area contributed by atoms with Crippen LogP contribution in [0.4, 0.5) is 0 Å². The van der Waals surface area contributed by atoms with Crippen LogP contribution in [0.15, 0.2) is 23.8 Å². The number of Topliss-reactive ketones (excluding diaryl/α,β-unsaturated/α-hetero) is 1. The van der Waals surface area contributed by atoms with E-state index in [4.69, 9.17) is 4.74 Å². The van der Waals surface area contributed by atoms with E-state index < -0.39 is 6.10 Å². The molecule has 170 valence electrons. The fourth-order valence-electron chi connectivity index (χ4n) is 3.97. The SMILES string of the molecule is CC(C)=CCC[C@H](C)CCOC(C)C(=O)c1cc(C(C)(C)C)c(C)c(C(C)(C)C)c1. The number of ether oxygens (including phenoxy) is 1. The van der Waals surface area contributed by atoms with Crippen LogP contribution in [0.2, 0.25) is 0 Å². The number of carbonyl (C=O) groups is 1. The molecule has 0 amide bonds. The molecule has 0 N–H and O–H groups in total. The molecule has 0 radical (unpaired) electrons. The van der Waals surface area contributed by atoms with Crippen molar-refractivity contribution in [1.82, 2.24) is 0 Å². The minimum atomic E-state index is -0.418. The molecule has 1 unspecified atom stereocenters. The first-order valence-corrected chi connectivity index (χ1v) is 11.6. The largest absolute Gasteiger partial charge is 0.370 e. The van der Waals surface area contributed by atoms with Crippen molar-refractivity contribution in [2.75, 3.05) is 6.61 Å². The molecule has 1 rings (SSSR count). The standard InChI is InChI=1S/C28H46O2/c1-19(2)13-12-14-20(3)15-16-30-22(5)26(29)23-17-24(27(6,7)8)21(4)25(18-23)28(9,10)11/h13,17-18,20,22H,12,14-16H2,1-11H3/t20-,22?/m0/s1. The van der Waals surface area contributed by atoms with E-state index in [2.05, 4.69) is 87.4 Å². The van der Waals surface area contributed by atoms with Gasteiger partial charge in [-0.2, -0.15) is 0 Å². The van der Waals surface area contributed by atoms with Crippen molar-refractivity contribution in [3.8, 4) is 0 Å². The van der Waals surface area contributed by atoms with Gasteiger partial charge in [0.25, 0.3) is 0 Å². The predicted octanol–water partition coefficient (Wildman–Crippen LogP) is 7.95. The van der Waals surface area contributed by atoms with Gasteiger partial charge in [-0.1, -0.05) is 60.1 Å². The molecule has 0 bridgehead atoms. The Morgan fingerprint density at radius 2 is 1.47 bits per heavy atom. The lowest BCUT2D eigenvalue weighted by atomic mass is 9.75. The van der Waals surface area contributed by atoms with Crippen LogP contribution >= 0.6 is 0 Å². The Balaban J connectivity index is 2.90. The second-order valence-corrected chi connectivity index (χ2v) is 11.3. The smallest absolute Gasteiger partial charge is 0.191 e. The highest BCUT2D eigenvalue weighted by atomic mass is 16.5. The van der Waals surface area contributed by atoms with E-state index in [9.17, 15) is 4.79 Å². The van der Waals surface area contributed by atoms with E-state index in [-0.39, 0.29) is 16.6 Å². The van der Waals surface area contributed by atoms with Gasteiger partial charge in [0.15, 0.2) is 5.78 Å². The molecular weight excluding hydrogens is 368 g/mol. The van der Waals surface area contributed by atoms with Crippen molar-refractivity contribution in [3.05, 3.63) is 46.0 Å². The van der Waals surface area contributed by atoms with Crippen LogP contribution in [-0.2, 0) is 15.6 Å². The molecule has 0 aliphatic rings. The van der Waals surface area contributed by atoms with Gasteiger partial charge < -0.3 is 4.74 Å². The summed E-state index contributed by atoms with van der Waals surface area (Å²) in [6.07, 6.45) is 5.15. The third-order valence-corrected chi connectivity index (χ3v) is 5.87. The van der Waals surface area contributed by atoms with Crippen LogP contribution in [0.1, 0.15) is 116 Å². The summed E-state index contributed by atoms with van der Waals surface area (Å²) in [6, 6.07) is 4.18. The number of hydrogen-bond acceptors (Lipinski definition) is 2. The molecule has 0 aliphatic carbocycles. The zero-order chi connectivity index (χ0) is 23.3. The second kappa shape index (κ2) is 10.8. The van der Waals surface area contributed by atoms with Crippen molar-refractivity contribution in [2.45, 2.75) is 112 Å². The number of carbonyl (C=O) groups excluding carboxylic acids is 1. The van der Waals surface area contributed by atoms with Crippen LogP contribution in [0.5, 0.6) is 0 Å². The van der Waals surface area contributed by atoms with Gasteiger partial charge in [-0.25, -0.2) is 0 Å². The van der Waals surface area contributed by atoms with Crippen LogP contribution in [0, 0.1) is 12.8 Å². The molecule has 1 aromatic carbocycles. The van der Waals surface area contributed by atoms with Crippen molar-refractivity contribution in [1.29, 1.82) is 0 Å². The van der Waals surface area contributed by atoms with Gasteiger partial charge in [0, 0.05) is 12.2 Å². The summed E-state index contributed by atoms with van der Waals surface area (Å²) in [7, 11) is 0. The van der Waals surface area contributed by atoms with Crippen LogP contribution in [0.25, 0.3) is 0 Å². The van der Waals surface area contributed by atoms with Gasteiger partial charge in [-0.15, -0.1) is 0 Å². The molecule has 0 heterocycles. The second-order valence-electron chi connectivity index (χ2n) is 11.3. The monoisotopic (exact) mass is 414 g/mol. The molecule has 0 spiro atoms. The minimum absolute atomic E-state index is 0.00874. The highest BCUT2D eigenvalue weighted by Gasteiger charge is 2.27. The molecule has 0 fully saturated rings. The van der Waals surface area contributed by atoms with Crippen molar-refractivity contribution in [3.63, 3.8) is 0 Å². The zero-order valence-corrected chi connectivity index (χ0v) is 21.5. The molecule has 30 heavy (non-hydrogen) atoms. The van der Waals surface area contributed by atoms with E-state index >= 15 is 0 Å². The Morgan fingerprint density at radius 1 is 0.967 bits per heavy atom. The van der Waals surface area contributed by atoms with Crippen molar-refractivity contribution >= 4 is 5.78 Å². The Kier molecular flexibility index (Phi) is 9.54. The van der Waals surface area contributed by atoms with Crippen molar-refractivity contribution < 1.29 is 9.53 Å². The van der Waals surface area contributed by atoms with Gasteiger partial charge in [0.1, 0.15) is 6.10 Å². The number of rotatable bonds is 9. The lowest BCUT2D eigenvalue weighted by Gasteiger charge is -2.30. The number of hydrogen-bond donors (Lipinski definition) is 0. The average molecular weight is 415 g/mol. The normalized spacial score (nSPS) is 14.4. The molecule has 0 saturated carbocycles. The third kappa shape index (κ3) is 8.02. The summed E-state index contributed by atoms with van der Waals surface area (Å²) < 4.78 is 5.97. The maximum atomic E-state index is 13.2. The highest BCUT2D eigenvalue weighted by Crippen LogP contribution is 2.35. The summed E-state index contributed by atoms with van der Waals surface area (Å²) in [5.74, 6) is 0.686. The van der Waals surface area contributed by atoms with E-state index in [0.717, 1.165) is 18.4 Å². The Labute approximate surface area is 186 Å². The Hall–Kier alpha value is -1.41. The minimum Gasteiger partial charge on any atom is -0.370 e. The fraction of sp³-hybridized carbons (Fsp3) is 0.679. The first kappa shape index (κ1) is 26.6. The zero-order valence-electron chi connectivity index (χ0n) is 21.5. The highest BCUT2D eigenvalue weighted by molar-refractivity contribution is 5.99. The molecule has 2 heteroatoms. The van der Waals surface area contributed by atoms with Gasteiger partial charge in [-0.3, -0.25) is 4.79 Å². The summed E-state index contributed by atoms with van der Waals surface area (Å²) in [4.78, 5) is 13.2. The lowest BCUT2D eigenvalue weighted by molar-refractivity contribution is 0.0435. The van der Waals surface area contributed by atoms with E-state index in [1.807, 2.05) is 6.92 Å². The van der Waals surface area contributed by atoms with E-state index in [0.29, 0.717) is 12.5 Å². The molecule has 0 saturated heterocycles. The van der Waals surface area contributed by atoms with Crippen LogP contribution in [0.3, 0.4) is 0 Å². The Bertz CT molecular complexity index is 702. The molecule has 1 aromatic rings. The summed E-state index contributed by atoms with van der Waals surface area (Å²) >= 11 is 0. The first-order chi connectivity index (χ1) is 13.6. The fourth-order valence-corrected chi connectivity index (χ4v) is 3.97. The van der Waals surface area contributed by atoms with Gasteiger partial charge >= 0.3 is 0 Å². The Morgan fingerprint density at radius 3 is 1.90 bits per heavy atom.